The first kappa shape index (κ1) is 107. The van der Waals surface area contributed by atoms with Crippen molar-refractivity contribution in [2.45, 2.75) is 25.7 Å². The number of ketones is 4. The summed E-state index contributed by atoms with van der Waals surface area (Å²) in [5, 5.41) is 94.2. The number of aromatic carboxylic acids is 8. The van der Waals surface area contributed by atoms with Crippen LogP contribution in [0.2, 0.25) is 0 Å². The number of carboxylic acid groups (broad SMARTS) is 8. The van der Waals surface area contributed by atoms with Crippen LogP contribution in [0, 0.1) is 0 Å². The third kappa shape index (κ3) is 36.5. The first-order valence-corrected chi connectivity index (χ1v) is 42.7. The minimum Gasteiger partial charge on any atom is -0.478 e. The van der Waals surface area contributed by atoms with E-state index in [9.17, 15) is 76.7 Å². The van der Waals surface area contributed by atoms with E-state index in [4.69, 9.17) is 40.9 Å². The zero-order valence-corrected chi connectivity index (χ0v) is 75.5. The van der Waals surface area contributed by atoms with Crippen LogP contribution >= 0.6 is 0 Å². The molecule has 4 amide bonds. The van der Waals surface area contributed by atoms with Gasteiger partial charge in [0.25, 0.3) is 23.6 Å². The van der Waals surface area contributed by atoms with Gasteiger partial charge in [0.05, 0.1) is 34.1 Å². The third-order valence-electron chi connectivity index (χ3n) is 19.2. The van der Waals surface area contributed by atoms with Crippen molar-refractivity contribution in [3.63, 3.8) is 0 Å². The first-order chi connectivity index (χ1) is 69.3. The van der Waals surface area contributed by atoms with Crippen molar-refractivity contribution in [3.05, 3.63) is 501 Å². The van der Waals surface area contributed by atoms with E-state index >= 15 is 0 Å². The van der Waals surface area contributed by atoms with Gasteiger partial charge < -0.3 is 62.1 Å². The van der Waals surface area contributed by atoms with Gasteiger partial charge in [0.15, 0.2) is 40.3 Å². The molecule has 0 aliphatic heterocycles. The molecular weight excluding hydrogens is 1850 g/mol. The number of pyridine rings is 4. The van der Waals surface area contributed by atoms with Crippen LogP contribution in [-0.4, -0.2) is 176 Å². The van der Waals surface area contributed by atoms with Crippen molar-refractivity contribution in [2.75, 3.05) is 21.3 Å². The molecule has 0 aliphatic rings. The Balaban J connectivity index is 0.000000183. The third-order valence-corrected chi connectivity index (χ3v) is 19.2. The van der Waals surface area contributed by atoms with Gasteiger partial charge in [0, 0.05) is 83.3 Å². The van der Waals surface area contributed by atoms with E-state index in [-0.39, 0.29) is 128 Å². The lowest BCUT2D eigenvalue weighted by atomic mass is 10.0. The minimum atomic E-state index is -1.16. The average Bonchev–Trinajstić information content (AvgIpc) is 0.875. The summed E-state index contributed by atoms with van der Waals surface area (Å²) in [6.45, 7) is 0. The van der Waals surface area contributed by atoms with Gasteiger partial charge in [-0.2, -0.15) is 0 Å². The zero-order valence-electron chi connectivity index (χ0n) is 75.5. The second-order valence-electron chi connectivity index (χ2n) is 29.6. The number of carboxylic acids is 8. The summed E-state index contributed by atoms with van der Waals surface area (Å²) >= 11 is 0. The Morgan fingerprint density at radius 2 is 0.424 bits per heavy atom. The molecule has 10 aromatic carbocycles. The second kappa shape index (κ2) is 56.0. The lowest BCUT2D eigenvalue weighted by Gasteiger charge is -2.05. The van der Waals surface area contributed by atoms with E-state index in [1.54, 1.807) is 127 Å². The van der Waals surface area contributed by atoms with E-state index in [0.29, 0.717) is 57.0 Å². The van der Waals surface area contributed by atoms with Crippen molar-refractivity contribution in [1.29, 1.82) is 0 Å². The fourth-order valence-electron chi connectivity index (χ4n) is 11.8. The molecule has 6 aromatic heterocycles. The predicted molar refractivity (Wildman–Crippen MR) is 525 cm³/mol. The van der Waals surface area contributed by atoms with Crippen LogP contribution in [0.3, 0.4) is 0 Å². The van der Waals surface area contributed by atoms with Crippen LogP contribution in [0.4, 0.5) is 23.0 Å². The average molecular weight is 1930 g/mol. The van der Waals surface area contributed by atoms with Crippen molar-refractivity contribution in [3.8, 4) is 0 Å². The van der Waals surface area contributed by atoms with Crippen LogP contribution in [0.15, 0.2) is 389 Å². The van der Waals surface area contributed by atoms with Crippen molar-refractivity contribution >= 4 is 118 Å². The van der Waals surface area contributed by atoms with E-state index in [1.165, 1.54) is 122 Å². The minimum absolute atomic E-state index is 0.0156. The van der Waals surface area contributed by atoms with Gasteiger partial charge in [0.1, 0.15) is 28.6 Å². The summed E-state index contributed by atoms with van der Waals surface area (Å²) in [5.41, 5.74) is 8.22. The van der Waals surface area contributed by atoms with Gasteiger partial charge in [0.2, 0.25) is 0 Å². The van der Waals surface area contributed by atoms with E-state index in [2.05, 4.69) is 61.6 Å². The topological polar surface area (TPSA) is 586 Å². The number of aromatic nitrogens is 8. The molecule has 0 saturated carbocycles. The molecule has 0 saturated heterocycles. The maximum Gasteiger partial charge on any atom is 0.356 e. The highest BCUT2D eigenvalue weighted by molar-refractivity contribution is 6.07. The molecule has 0 fully saturated rings. The molecule has 144 heavy (non-hydrogen) atoms. The number of Topliss-reactive ketones (excluding diaryl/α,β-unsaturated/α-hetero) is 4. The highest BCUT2D eigenvalue weighted by atomic mass is 16.4. The summed E-state index contributed by atoms with van der Waals surface area (Å²) in [5.74, 6) is -9.60. The molecular formula is C108H84N12O24. The van der Waals surface area contributed by atoms with Gasteiger partial charge in [-0.15, -0.1) is 20.4 Å². The van der Waals surface area contributed by atoms with Crippen LogP contribution in [0.25, 0.3) is 0 Å². The molecule has 0 aliphatic carbocycles. The Kier molecular flexibility index (Phi) is 41.6. The Hall–Kier alpha value is -20.7. The second-order valence-corrected chi connectivity index (χ2v) is 29.6. The van der Waals surface area contributed by atoms with Crippen molar-refractivity contribution in [1.82, 2.24) is 40.3 Å². The Labute approximate surface area is 818 Å². The van der Waals surface area contributed by atoms with E-state index < -0.39 is 47.8 Å². The number of amides is 4. The maximum absolute atomic E-state index is 11.9. The van der Waals surface area contributed by atoms with E-state index in [0.717, 1.165) is 22.3 Å². The molecule has 0 unspecified atom stereocenters. The number of nitrogens with zero attached hydrogens (tertiary/aromatic N) is 8. The predicted octanol–water partition coefficient (Wildman–Crippen LogP) is 16.9. The quantitative estimate of drug-likeness (QED) is 0.0203. The molecule has 16 aromatic rings. The Morgan fingerprint density at radius 3 is 0.750 bits per heavy atom. The summed E-state index contributed by atoms with van der Waals surface area (Å²) in [4.78, 5) is 195. The number of benzene rings is 10. The Bertz CT molecular complexity index is 6220. The summed E-state index contributed by atoms with van der Waals surface area (Å²) < 4.78 is 0. The summed E-state index contributed by atoms with van der Waals surface area (Å²) in [7, 11) is 0. The van der Waals surface area contributed by atoms with E-state index in [1.807, 2.05) is 140 Å². The molecule has 0 radical (unpaired) electrons. The number of rotatable bonds is 28. The van der Waals surface area contributed by atoms with Crippen LogP contribution < -0.4 is 21.3 Å². The van der Waals surface area contributed by atoms with Gasteiger partial charge in [-0.05, 0) is 180 Å². The van der Waals surface area contributed by atoms with Crippen LogP contribution in [0.1, 0.15) is 189 Å². The first-order valence-electron chi connectivity index (χ1n) is 42.7. The highest BCUT2D eigenvalue weighted by Crippen LogP contribution is 2.18. The van der Waals surface area contributed by atoms with Crippen molar-refractivity contribution < 1.29 is 118 Å². The number of anilines is 4. The molecule has 0 bridgehead atoms. The molecule has 36 nitrogen and oxygen atoms in total. The SMILES string of the molecule is O=C(Cc1ccccc1)c1ccc(C(=O)O)nc1.O=C(Nc1ccc(C(=O)O)nc1)c1ccccc1.O=C(Nc1ccc(C(=O)O)nn1)c1ccccc1.O=C(O)c1ccc(C(=O)Cc2ccccc2)cc1.O=C(O)c1ccc(C(=O)Cc2ccccc2)nc1.O=C(O)c1ccc(C(=O)Cc2ccccc2)nn1.O=C(O)c1ccc(NC(=O)c2ccccc2)cc1.O=C(O)c1ccc(NC(=O)c2ccccc2)nc1. The van der Waals surface area contributed by atoms with Crippen LogP contribution in [-0.2, 0) is 25.7 Å². The number of carbonyl (C=O) groups excluding carboxylic acids is 8. The highest BCUT2D eigenvalue weighted by Gasteiger charge is 2.19. The standard InChI is InChI=1S/C15H12O3.3C14H11NO3.3C13H10N2O3.C12H9N3O3/c16-14(10-11-4-2-1-3-5-11)12-6-8-13(9-7-12)15(17)18;16-13(10-4-2-1-3-5-10)15-12-8-6-11(7-9-12)14(17)18;16-13(8-10-4-2-1-3-5-10)12-7-6-11(9-15-12)14(17)18;16-13(8-10-4-2-1-3-5-10)11-6-7-12(14(17)18)15-9-11;16-12(9-4-2-1-3-5-9)15-10-6-7-11(13(17)18)14-8-10;16-12(9-4-2-1-3-5-9)15-11-7-6-10(8-14-11)13(17)18;16-12(8-9-4-2-1-3-5-9)10-6-7-11(13(17)18)15-14-10;16-11(8-4-2-1-3-5-8)13-10-7-6-9(12(17)18)14-15-10/h1-9H,10H2,(H,17,18);1-9H,(H,15,16)(H,17,18);2*1-7,9H,8H2,(H,17,18);1-8H,(H,15,16)(H,17,18);1-8H,(H,17,18)(H,14,15,16);1-7H,8H2,(H,17,18);1-7H,(H,17,18)(H,13,15,16). The molecule has 720 valence electrons. The zero-order chi connectivity index (χ0) is 104. The molecule has 12 N–H and O–H groups in total. The van der Waals surface area contributed by atoms with Gasteiger partial charge in [-0.1, -0.05) is 206 Å². The fraction of sp³-hybridized carbons (Fsp3) is 0.0370. The number of carbonyl (C=O) groups is 16. The molecule has 16 rings (SSSR count). The monoisotopic (exact) mass is 1930 g/mol. The van der Waals surface area contributed by atoms with Crippen molar-refractivity contribution in [2.24, 2.45) is 0 Å². The van der Waals surface area contributed by atoms with Crippen LogP contribution in [0.5, 0.6) is 0 Å². The number of hydrogen-bond donors (Lipinski definition) is 12. The lowest BCUT2D eigenvalue weighted by molar-refractivity contribution is 0.0678. The smallest absolute Gasteiger partial charge is 0.356 e. The fourth-order valence-corrected chi connectivity index (χ4v) is 11.8. The van der Waals surface area contributed by atoms with Gasteiger partial charge >= 0.3 is 47.8 Å². The van der Waals surface area contributed by atoms with Gasteiger partial charge in [-0.25, -0.2) is 53.3 Å². The Morgan fingerprint density at radius 1 is 0.174 bits per heavy atom. The molecule has 6 heterocycles. The number of hydrogen-bond acceptors (Lipinski definition) is 24. The molecule has 0 spiro atoms. The maximum atomic E-state index is 11.9. The largest absolute Gasteiger partial charge is 0.478 e. The number of nitrogens with one attached hydrogen (secondary N) is 4. The van der Waals surface area contributed by atoms with Gasteiger partial charge in [-0.3, -0.25) is 43.3 Å². The summed E-state index contributed by atoms with van der Waals surface area (Å²) in [6, 6.07) is 101. The summed E-state index contributed by atoms with van der Waals surface area (Å²) in [6.07, 6.45) is 6.10. The lowest BCUT2D eigenvalue weighted by Crippen LogP contribution is -2.14. The molecule has 36 heteroatoms. The molecule has 0 atom stereocenters. The normalized spacial score (nSPS) is 9.89.